The van der Waals surface area contributed by atoms with Crippen molar-refractivity contribution in [3.63, 3.8) is 0 Å². The summed E-state index contributed by atoms with van der Waals surface area (Å²) in [6, 6.07) is 8.93. The van der Waals surface area contributed by atoms with Gasteiger partial charge in [-0.15, -0.1) is 0 Å². The zero-order valence-corrected chi connectivity index (χ0v) is 10.1. The van der Waals surface area contributed by atoms with Gasteiger partial charge < -0.3 is 9.94 Å². The van der Waals surface area contributed by atoms with Crippen LogP contribution in [0.1, 0.15) is 0 Å². The Morgan fingerprint density at radius 3 is 2.20 bits per heavy atom. The minimum atomic E-state index is -2.02. The lowest BCUT2D eigenvalue weighted by Gasteiger charge is -2.30. The van der Waals surface area contributed by atoms with Crippen molar-refractivity contribution in [1.29, 1.82) is 0 Å². The van der Waals surface area contributed by atoms with E-state index in [-0.39, 0.29) is 0 Å². The van der Waals surface area contributed by atoms with Crippen LogP contribution < -0.4 is 4.84 Å². The van der Waals surface area contributed by atoms with E-state index in [9.17, 15) is 4.79 Å². The largest absolute Gasteiger partial charge is 0.463 e. The van der Waals surface area contributed by atoms with E-state index in [2.05, 4.69) is 0 Å². The number of nitrogens with zero attached hydrogens (tertiary/aromatic N) is 1. The second kappa shape index (κ2) is 4.35. The molecule has 1 aromatic rings. The SMILES string of the molecule is C[Si](C)(C)N(Oc1ccccc1)C(=O)O. The van der Waals surface area contributed by atoms with Crippen molar-refractivity contribution in [3.05, 3.63) is 30.3 Å². The Morgan fingerprint density at radius 1 is 1.27 bits per heavy atom. The van der Waals surface area contributed by atoms with E-state index in [0.29, 0.717) is 5.75 Å². The number of carboxylic acid groups (broad SMARTS) is 1. The molecule has 0 heterocycles. The van der Waals surface area contributed by atoms with Gasteiger partial charge in [0.1, 0.15) is 0 Å². The fraction of sp³-hybridized carbons (Fsp3) is 0.300. The van der Waals surface area contributed by atoms with Crippen molar-refractivity contribution < 1.29 is 14.7 Å². The Kier molecular flexibility index (Phi) is 3.36. The summed E-state index contributed by atoms with van der Waals surface area (Å²) in [6.45, 7) is 5.72. The molecular weight excluding hydrogens is 210 g/mol. The molecule has 4 nitrogen and oxygen atoms in total. The van der Waals surface area contributed by atoms with Crippen molar-refractivity contribution >= 4 is 14.3 Å². The first-order valence-electron chi connectivity index (χ1n) is 4.67. The average molecular weight is 225 g/mol. The molecule has 0 fully saturated rings. The van der Waals surface area contributed by atoms with Gasteiger partial charge in [0.25, 0.3) is 0 Å². The topological polar surface area (TPSA) is 49.8 Å². The highest BCUT2D eigenvalue weighted by Crippen LogP contribution is 2.16. The fourth-order valence-electron chi connectivity index (χ4n) is 1.05. The lowest BCUT2D eigenvalue weighted by molar-refractivity contribution is 0.0294. The Morgan fingerprint density at radius 2 is 1.80 bits per heavy atom. The molecular formula is C10H15NO3Si. The number of hydroxylamine groups is 1. The zero-order valence-electron chi connectivity index (χ0n) is 9.10. The Balaban J connectivity index is 2.82. The van der Waals surface area contributed by atoms with Gasteiger partial charge in [0.05, 0.1) is 0 Å². The third kappa shape index (κ3) is 3.28. The summed E-state index contributed by atoms with van der Waals surface area (Å²) >= 11 is 0. The van der Waals surface area contributed by atoms with Gasteiger partial charge in [0, 0.05) is 0 Å². The summed E-state index contributed by atoms with van der Waals surface area (Å²) in [5.74, 6) is 0.544. The van der Waals surface area contributed by atoms with Gasteiger partial charge in [-0.2, -0.15) is 4.73 Å². The average Bonchev–Trinajstić information content (AvgIpc) is 2.13. The summed E-state index contributed by atoms with van der Waals surface area (Å²) in [6.07, 6.45) is -1.04. The standard InChI is InChI=1S/C10H15NO3Si/c1-15(2,3)11(10(12)13)14-9-7-5-4-6-8-9/h4-8H,1-3H3,(H,12,13). The summed E-state index contributed by atoms with van der Waals surface area (Å²) in [7, 11) is -2.02. The highest BCUT2D eigenvalue weighted by Gasteiger charge is 2.31. The molecule has 1 rings (SSSR count). The number of benzene rings is 1. The first kappa shape index (κ1) is 11.6. The third-order valence-corrected chi connectivity index (χ3v) is 3.22. The lowest BCUT2D eigenvalue weighted by atomic mass is 10.3. The Labute approximate surface area is 90.1 Å². The molecule has 0 aromatic heterocycles. The van der Waals surface area contributed by atoms with Crippen LogP contribution in [0, 0.1) is 0 Å². The van der Waals surface area contributed by atoms with E-state index in [1.54, 1.807) is 24.3 Å². The lowest BCUT2D eigenvalue weighted by Crippen LogP contribution is -2.51. The highest BCUT2D eigenvalue weighted by atomic mass is 28.3. The minimum absolute atomic E-state index is 0.544. The molecule has 82 valence electrons. The molecule has 0 atom stereocenters. The van der Waals surface area contributed by atoms with Crippen LogP contribution in [0.2, 0.25) is 19.6 Å². The van der Waals surface area contributed by atoms with Crippen molar-refractivity contribution in [2.45, 2.75) is 19.6 Å². The predicted octanol–water partition coefficient (Wildman–Crippen LogP) is 2.80. The fourth-order valence-corrected chi connectivity index (χ4v) is 2.00. The number of rotatable bonds is 3. The molecule has 1 amide bonds. The number of hydrogen-bond acceptors (Lipinski definition) is 2. The highest BCUT2D eigenvalue weighted by molar-refractivity contribution is 6.74. The van der Waals surface area contributed by atoms with E-state index in [4.69, 9.17) is 9.94 Å². The van der Waals surface area contributed by atoms with Gasteiger partial charge >= 0.3 is 6.09 Å². The van der Waals surface area contributed by atoms with E-state index in [1.807, 2.05) is 25.7 Å². The number of amides is 1. The number of carbonyl (C=O) groups is 1. The Bertz CT molecular complexity index is 334. The van der Waals surface area contributed by atoms with Crippen molar-refractivity contribution in [2.75, 3.05) is 0 Å². The number of para-hydroxylation sites is 1. The summed E-state index contributed by atoms with van der Waals surface area (Å²) in [5, 5.41) is 9.01. The van der Waals surface area contributed by atoms with Crippen LogP contribution in [0.4, 0.5) is 4.79 Å². The molecule has 0 aliphatic heterocycles. The van der Waals surface area contributed by atoms with Crippen LogP contribution >= 0.6 is 0 Å². The van der Waals surface area contributed by atoms with Crippen LogP contribution in [0.25, 0.3) is 0 Å². The number of hydrogen-bond donors (Lipinski definition) is 1. The van der Waals surface area contributed by atoms with Crippen LogP contribution in [-0.4, -0.2) is 24.2 Å². The van der Waals surface area contributed by atoms with Gasteiger partial charge in [-0.3, -0.25) is 0 Å². The molecule has 0 bridgehead atoms. The molecule has 0 radical (unpaired) electrons. The van der Waals surface area contributed by atoms with Gasteiger partial charge in [0.2, 0.25) is 8.24 Å². The maximum atomic E-state index is 11.0. The maximum Gasteiger partial charge on any atom is 0.431 e. The second-order valence-corrected chi connectivity index (χ2v) is 8.90. The van der Waals surface area contributed by atoms with E-state index in [0.717, 1.165) is 4.73 Å². The molecule has 1 aromatic carbocycles. The normalized spacial score (nSPS) is 10.9. The monoisotopic (exact) mass is 225 g/mol. The molecule has 0 aliphatic rings. The molecule has 15 heavy (non-hydrogen) atoms. The first-order chi connectivity index (χ1) is 6.91. The van der Waals surface area contributed by atoms with Crippen molar-refractivity contribution in [2.24, 2.45) is 0 Å². The predicted molar refractivity (Wildman–Crippen MR) is 60.3 cm³/mol. The molecule has 0 aliphatic carbocycles. The smallest absolute Gasteiger partial charge is 0.431 e. The van der Waals surface area contributed by atoms with E-state index >= 15 is 0 Å². The van der Waals surface area contributed by atoms with E-state index < -0.39 is 14.3 Å². The zero-order chi connectivity index (χ0) is 11.5. The van der Waals surface area contributed by atoms with Crippen LogP contribution in [0.3, 0.4) is 0 Å². The van der Waals surface area contributed by atoms with Gasteiger partial charge in [-0.05, 0) is 31.8 Å². The van der Waals surface area contributed by atoms with Gasteiger partial charge in [-0.25, -0.2) is 4.79 Å². The molecule has 0 saturated heterocycles. The first-order valence-corrected chi connectivity index (χ1v) is 8.12. The summed E-state index contributed by atoms with van der Waals surface area (Å²) in [4.78, 5) is 16.3. The van der Waals surface area contributed by atoms with Crippen molar-refractivity contribution in [1.82, 2.24) is 4.73 Å². The minimum Gasteiger partial charge on any atom is -0.463 e. The molecule has 0 spiro atoms. The maximum absolute atomic E-state index is 11.0. The van der Waals surface area contributed by atoms with Crippen molar-refractivity contribution in [3.8, 4) is 5.75 Å². The quantitative estimate of drug-likeness (QED) is 0.635. The van der Waals surface area contributed by atoms with Gasteiger partial charge in [-0.1, -0.05) is 18.2 Å². The van der Waals surface area contributed by atoms with Crippen LogP contribution in [0.5, 0.6) is 5.75 Å². The van der Waals surface area contributed by atoms with Crippen LogP contribution in [0.15, 0.2) is 30.3 Å². The summed E-state index contributed by atoms with van der Waals surface area (Å²) < 4.78 is 1.07. The molecule has 0 saturated carbocycles. The van der Waals surface area contributed by atoms with E-state index in [1.165, 1.54) is 0 Å². The molecule has 0 unspecified atom stereocenters. The van der Waals surface area contributed by atoms with Gasteiger partial charge in [0.15, 0.2) is 5.75 Å². The Hall–Kier alpha value is -1.49. The second-order valence-electron chi connectivity index (χ2n) is 4.15. The molecule has 1 N–H and O–H groups in total. The van der Waals surface area contributed by atoms with Crippen LogP contribution in [-0.2, 0) is 0 Å². The summed E-state index contributed by atoms with van der Waals surface area (Å²) in [5.41, 5.74) is 0. The third-order valence-electron chi connectivity index (χ3n) is 1.72. The molecule has 5 heteroatoms.